The quantitative estimate of drug-likeness (QED) is 0.827. The second-order valence-electron chi connectivity index (χ2n) is 5.07. The molecule has 0 saturated heterocycles. The number of aliphatic hydroxyl groups excluding tert-OH is 1. The molecule has 1 fully saturated rings. The van der Waals surface area contributed by atoms with Crippen molar-refractivity contribution in [3.63, 3.8) is 0 Å². The summed E-state index contributed by atoms with van der Waals surface area (Å²) in [7, 11) is 2.05. The summed E-state index contributed by atoms with van der Waals surface area (Å²) in [5.41, 5.74) is 1.08. The Morgan fingerprint density at radius 2 is 2.17 bits per heavy atom. The van der Waals surface area contributed by atoms with Gasteiger partial charge in [0.25, 0.3) is 0 Å². The molecule has 1 heterocycles. The summed E-state index contributed by atoms with van der Waals surface area (Å²) in [5, 5.41) is 12.6. The third kappa shape index (κ3) is 2.72. The fourth-order valence-electron chi connectivity index (χ4n) is 2.49. The van der Waals surface area contributed by atoms with Crippen molar-refractivity contribution >= 4 is 11.6 Å². The molecule has 1 saturated carbocycles. The van der Waals surface area contributed by atoms with Crippen LogP contribution in [0.25, 0.3) is 0 Å². The number of aliphatic hydroxyl groups is 1. The first-order valence-electron chi connectivity index (χ1n) is 6.56. The maximum absolute atomic E-state index is 9.32. The second-order valence-corrected chi connectivity index (χ2v) is 5.07. The molecule has 0 radical (unpaired) electrons. The third-order valence-corrected chi connectivity index (χ3v) is 3.51. The van der Waals surface area contributed by atoms with Crippen LogP contribution in [0.5, 0.6) is 0 Å². The molecule has 5 nitrogen and oxygen atoms in total. The number of nitrogens with one attached hydrogen (secondary N) is 1. The van der Waals surface area contributed by atoms with Gasteiger partial charge in [-0.2, -0.15) is 0 Å². The second kappa shape index (κ2) is 5.52. The lowest BCUT2D eigenvalue weighted by Gasteiger charge is -2.35. The Kier molecular flexibility index (Phi) is 4.01. The Morgan fingerprint density at radius 1 is 1.44 bits per heavy atom. The van der Waals surface area contributed by atoms with E-state index in [1.807, 2.05) is 6.92 Å². The molecule has 0 aliphatic heterocycles. The van der Waals surface area contributed by atoms with Gasteiger partial charge in [0.2, 0.25) is 0 Å². The van der Waals surface area contributed by atoms with Gasteiger partial charge in [-0.1, -0.05) is 0 Å². The number of nitrogens with zero attached hydrogens (tertiary/aromatic N) is 3. The maximum Gasteiger partial charge on any atom is 0.136 e. The van der Waals surface area contributed by atoms with Crippen LogP contribution in [0.15, 0.2) is 6.33 Å². The lowest BCUT2D eigenvalue weighted by molar-refractivity contribution is 0.0464. The SMILES string of the molecule is CCNc1ncnc(N(C)CC2CC(O)C2)c1C. The van der Waals surface area contributed by atoms with E-state index in [1.165, 1.54) is 0 Å². The predicted molar refractivity (Wildman–Crippen MR) is 72.9 cm³/mol. The van der Waals surface area contributed by atoms with Crippen molar-refractivity contribution in [1.82, 2.24) is 9.97 Å². The van der Waals surface area contributed by atoms with E-state index >= 15 is 0 Å². The van der Waals surface area contributed by atoms with Gasteiger partial charge in [-0.3, -0.25) is 0 Å². The fourth-order valence-corrected chi connectivity index (χ4v) is 2.49. The first kappa shape index (κ1) is 13.1. The van der Waals surface area contributed by atoms with Crippen molar-refractivity contribution in [3.05, 3.63) is 11.9 Å². The molecule has 2 rings (SSSR count). The van der Waals surface area contributed by atoms with Crippen molar-refractivity contribution in [2.24, 2.45) is 5.92 Å². The fraction of sp³-hybridized carbons (Fsp3) is 0.692. The lowest BCUT2D eigenvalue weighted by Crippen LogP contribution is -2.37. The monoisotopic (exact) mass is 250 g/mol. The van der Waals surface area contributed by atoms with E-state index in [2.05, 4.69) is 34.2 Å². The van der Waals surface area contributed by atoms with Crippen LogP contribution in [0.3, 0.4) is 0 Å². The molecule has 1 aromatic heterocycles. The van der Waals surface area contributed by atoms with Crippen LogP contribution < -0.4 is 10.2 Å². The molecule has 0 bridgehead atoms. The van der Waals surface area contributed by atoms with E-state index in [9.17, 15) is 5.11 Å². The number of anilines is 2. The molecule has 0 spiro atoms. The predicted octanol–water partition coefficient (Wildman–Crippen LogP) is 1.42. The zero-order valence-electron chi connectivity index (χ0n) is 11.3. The van der Waals surface area contributed by atoms with Gasteiger partial charge >= 0.3 is 0 Å². The van der Waals surface area contributed by atoms with Crippen LogP contribution >= 0.6 is 0 Å². The first-order chi connectivity index (χ1) is 8.61. The third-order valence-electron chi connectivity index (χ3n) is 3.51. The number of hydrogen-bond acceptors (Lipinski definition) is 5. The Morgan fingerprint density at radius 3 is 2.78 bits per heavy atom. The molecule has 0 atom stereocenters. The normalized spacial score (nSPS) is 22.4. The summed E-state index contributed by atoms with van der Waals surface area (Å²) in [4.78, 5) is 10.8. The van der Waals surface area contributed by atoms with Crippen molar-refractivity contribution < 1.29 is 5.11 Å². The zero-order chi connectivity index (χ0) is 13.1. The molecule has 2 N–H and O–H groups in total. The minimum absolute atomic E-state index is 0.0905. The highest BCUT2D eigenvalue weighted by atomic mass is 16.3. The molecule has 5 heteroatoms. The van der Waals surface area contributed by atoms with Crippen molar-refractivity contribution in [1.29, 1.82) is 0 Å². The van der Waals surface area contributed by atoms with E-state index in [-0.39, 0.29) is 6.10 Å². The van der Waals surface area contributed by atoms with Gasteiger partial charge in [-0.25, -0.2) is 9.97 Å². The van der Waals surface area contributed by atoms with Gasteiger partial charge in [-0.05, 0) is 32.6 Å². The molecule has 1 aliphatic rings. The zero-order valence-corrected chi connectivity index (χ0v) is 11.3. The highest BCUT2D eigenvalue weighted by Gasteiger charge is 2.28. The molecule has 100 valence electrons. The van der Waals surface area contributed by atoms with Crippen LogP contribution in [0.2, 0.25) is 0 Å². The summed E-state index contributed by atoms with van der Waals surface area (Å²) in [6.45, 7) is 5.90. The summed E-state index contributed by atoms with van der Waals surface area (Å²) in [6, 6.07) is 0. The molecule has 0 amide bonds. The minimum Gasteiger partial charge on any atom is -0.393 e. The molecule has 0 unspecified atom stereocenters. The van der Waals surface area contributed by atoms with Gasteiger partial charge in [-0.15, -0.1) is 0 Å². The van der Waals surface area contributed by atoms with E-state index in [0.29, 0.717) is 5.92 Å². The van der Waals surface area contributed by atoms with Crippen molar-refractivity contribution in [3.8, 4) is 0 Å². The summed E-state index contributed by atoms with van der Waals surface area (Å²) < 4.78 is 0. The maximum atomic E-state index is 9.32. The summed E-state index contributed by atoms with van der Waals surface area (Å²) in [5.74, 6) is 2.47. The van der Waals surface area contributed by atoms with Crippen LogP contribution in [0.4, 0.5) is 11.6 Å². The largest absolute Gasteiger partial charge is 0.393 e. The highest BCUT2D eigenvalue weighted by Crippen LogP contribution is 2.30. The van der Waals surface area contributed by atoms with Crippen LogP contribution in [0, 0.1) is 12.8 Å². The topological polar surface area (TPSA) is 61.3 Å². The van der Waals surface area contributed by atoms with Crippen LogP contribution in [-0.2, 0) is 0 Å². The Bertz CT molecular complexity index is 404. The molecule has 1 aromatic rings. The van der Waals surface area contributed by atoms with Crippen molar-refractivity contribution in [2.75, 3.05) is 30.4 Å². The molecule has 18 heavy (non-hydrogen) atoms. The first-order valence-corrected chi connectivity index (χ1v) is 6.56. The van der Waals surface area contributed by atoms with E-state index < -0.39 is 0 Å². The van der Waals surface area contributed by atoms with Crippen LogP contribution in [-0.4, -0.2) is 41.3 Å². The minimum atomic E-state index is -0.0905. The van der Waals surface area contributed by atoms with Crippen molar-refractivity contribution in [2.45, 2.75) is 32.8 Å². The van der Waals surface area contributed by atoms with E-state index in [1.54, 1.807) is 6.33 Å². The number of aromatic nitrogens is 2. The molecular weight excluding hydrogens is 228 g/mol. The van der Waals surface area contributed by atoms with Gasteiger partial charge in [0.1, 0.15) is 18.0 Å². The van der Waals surface area contributed by atoms with Gasteiger partial charge in [0, 0.05) is 25.7 Å². The molecule has 0 aromatic carbocycles. The van der Waals surface area contributed by atoms with Gasteiger partial charge in [0.15, 0.2) is 0 Å². The van der Waals surface area contributed by atoms with E-state index in [0.717, 1.165) is 43.1 Å². The summed E-state index contributed by atoms with van der Waals surface area (Å²) >= 11 is 0. The van der Waals surface area contributed by atoms with E-state index in [4.69, 9.17) is 0 Å². The smallest absolute Gasteiger partial charge is 0.136 e. The van der Waals surface area contributed by atoms with Crippen LogP contribution in [0.1, 0.15) is 25.3 Å². The number of hydrogen-bond donors (Lipinski definition) is 2. The Balaban J connectivity index is 2.04. The molecular formula is C13H22N4O. The van der Waals surface area contributed by atoms with Gasteiger partial charge in [0.05, 0.1) is 6.10 Å². The lowest BCUT2D eigenvalue weighted by atomic mass is 9.82. The Labute approximate surface area is 108 Å². The number of rotatable bonds is 5. The molecule has 1 aliphatic carbocycles. The standard InChI is InChI=1S/C13H22N4O/c1-4-14-12-9(2)13(16-8-15-12)17(3)7-10-5-11(18)6-10/h8,10-11,18H,4-7H2,1-3H3,(H,14,15,16). The highest BCUT2D eigenvalue weighted by molar-refractivity contribution is 5.57. The average Bonchev–Trinajstić information content (AvgIpc) is 2.30. The average molecular weight is 250 g/mol. The Hall–Kier alpha value is -1.36. The summed E-state index contributed by atoms with van der Waals surface area (Å²) in [6.07, 6.45) is 3.34. The van der Waals surface area contributed by atoms with Gasteiger partial charge < -0.3 is 15.3 Å².